The molecule has 1 atom stereocenters. The first-order chi connectivity index (χ1) is 11.7. The van der Waals surface area contributed by atoms with E-state index in [1.165, 1.54) is 4.90 Å². The van der Waals surface area contributed by atoms with Crippen LogP contribution in [-0.2, 0) is 17.8 Å². The van der Waals surface area contributed by atoms with Crippen molar-refractivity contribution in [2.24, 2.45) is 5.73 Å². The highest BCUT2D eigenvalue weighted by atomic mass is 32.2. The lowest BCUT2D eigenvalue weighted by Crippen LogP contribution is -2.41. The molecule has 1 heterocycles. The Morgan fingerprint density at radius 3 is 2.75 bits per heavy atom. The number of aromatic amines is 1. The molecule has 0 fully saturated rings. The summed E-state index contributed by atoms with van der Waals surface area (Å²) in [5.41, 5.74) is 9.34. The van der Waals surface area contributed by atoms with Crippen LogP contribution in [0.4, 0.5) is 0 Å². The van der Waals surface area contributed by atoms with Crippen molar-refractivity contribution in [1.29, 1.82) is 0 Å². The van der Waals surface area contributed by atoms with E-state index in [-0.39, 0.29) is 5.91 Å². The number of thioether (sulfide) groups is 1. The summed E-state index contributed by atoms with van der Waals surface area (Å²) < 4.78 is 0. The Bertz CT molecular complexity index is 843. The first-order valence-electron chi connectivity index (χ1n) is 7.89. The van der Waals surface area contributed by atoms with Gasteiger partial charge in [-0.25, -0.2) is 0 Å². The number of amides is 1. The monoisotopic (exact) mass is 339 g/mol. The van der Waals surface area contributed by atoms with Crippen molar-refractivity contribution in [3.8, 4) is 0 Å². The molecule has 3 aromatic rings. The predicted octanol–water partition coefficient (Wildman–Crippen LogP) is 3.08. The third-order valence-electron chi connectivity index (χ3n) is 4.10. The number of carbonyl (C=O) groups is 1. The lowest BCUT2D eigenvalue weighted by molar-refractivity contribution is -0.122. The van der Waals surface area contributed by atoms with Crippen molar-refractivity contribution in [2.75, 3.05) is 6.26 Å². The molecule has 0 saturated heterocycles. The van der Waals surface area contributed by atoms with E-state index < -0.39 is 6.04 Å². The Morgan fingerprint density at radius 2 is 1.92 bits per heavy atom. The molecule has 1 aromatic heterocycles. The van der Waals surface area contributed by atoms with Gasteiger partial charge in [0.15, 0.2) is 0 Å². The number of nitrogens with two attached hydrogens (primary N) is 1. The summed E-state index contributed by atoms with van der Waals surface area (Å²) in [4.78, 5) is 16.7. The van der Waals surface area contributed by atoms with Crippen LogP contribution >= 0.6 is 11.8 Å². The van der Waals surface area contributed by atoms with Gasteiger partial charge in [-0.05, 0) is 35.9 Å². The van der Waals surface area contributed by atoms with Crippen molar-refractivity contribution in [1.82, 2.24) is 10.3 Å². The molecule has 0 radical (unpaired) electrons. The third-order valence-corrected chi connectivity index (χ3v) is 4.94. The minimum Gasteiger partial charge on any atom is -0.361 e. The second kappa shape index (κ2) is 7.55. The first-order valence-corrected chi connectivity index (χ1v) is 9.11. The van der Waals surface area contributed by atoms with E-state index in [1.54, 1.807) is 11.8 Å². The van der Waals surface area contributed by atoms with Crippen molar-refractivity contribution in [3.05, 3.63) is 65.9 Å². The highest BCUT2D eigenvalue weighted by Crippen LogP contribution is 2.20. The SMILES string of the molecule is CSc1ccccc1CNC(=O)C(N)Cc1c[nH]c2ccccc12. The van der Waals surface area contributed by atoms with E-state index >= 15 is 0 Å². The molecule has 4 N–H and O–H groups in total. The standard InChI is InChI=1S/C19H21N3OS/c1-24-18-9-5-2-6-13(18)11-22-19(23)16(20)10-14-12-21-17-8-4-3-7-15(14)17/h2-9,12,16,21H,10-11,20H2,1H3,(H,22,23). The first kappa shape index (κ1) is 16.6. The van der Waals surface area contributed by atoms with E-state index in [0.717, 1.165) is 22.0 Å². The van der Waals surface area contributed by atoms with Gasteiger partial charge in [0, 0.05) is 28.5 Å². The summed E-state index contributed by atoms with van der Waals surface area (Å²) in [5, 5.41) is 4.07. The van der Waals surface area contributed by atoms with Gasteiger partial charge in [0.25, 0.3) is 0 Å². The second-order valence-corrected chi connectivity index (χ2v) is 6.55. The largest absolute Gasteiger partial charge is 0.361 e. The van der Waals surface area contributed by atoms with Gasteiger partial charge in [-0.2, -0.15) is 0 Å². The number of fused-ring (bicyclic) bond motifs is 1. The zero-order valence-corrected chi connectivity index (χ0v) is 14.4. The number of carbonyl (C=O) groups excluding carboxylic acids is 1. The van der Waals surface area contributed by atoms with Crippen LogP contribution in [0.1, 0.15) is 11.1 Å². The molecule has 3 rings (SSSR count). The molecular formula is C19H21N3OS. The molecule has 0 saturated carbocycles. The molecule has 1 unspecified atom stereocenters. The Balaban J connectivity index is 1.63. The van der Waals surface area contributed by atoms with Gasteiger partial charge in [0.05, 0.1) is 6.04 Å². The number of rotatable bonds is 6. The van der Waals surface area contributed by atoms with Gasteiger partial charge in [-0.1, -0.05) is 36.4 Å². The molecule has 1 amide bonds. The lowest BCUT2D eigenvalue weighted by Gasteiger charge is -2.13. The van der Waals surface area contributed by atoms with Crippen LogP contribution in [0.2, 0.25) is 0 Å². The zero-order chi connectivity index (χ0) is 16.9. The number of nitrogens with one attached hydrogen (secondary N) is 2. The fourth-order valence-corrected chi connectivity index (χ4v) is 3.41. The number of H-pyrrole nitrogens is 1. The van der Waals surface area contributed by atoms with E-state index in [1.807, 2.05) is 54.9 Å². The molecule has 0 spiro atoms. The molecule has 24 heavy (non-hydrogen) atoms. The molecule has 2 aromatic carbocycles. The number of benzene rings is 2. The van der Waals surface area contributed by atoms with Gasteiger partial charge in [-0.15, -0.1) is 11.8 Å². The molecular weight excluding hydrogens is 318 g/mol. The Hall–Kier alpha value is -2.24. The number of hydrogen-bond acceptors (Lipinski definition) is 3. The zero-order valence-electron chi connectivity index (χ0n) is 13.6. The van der Waals surface area contributed by atoms with Gasteiger partial charge in [-0.3, -0.25) is 4.79 Å². The highest BCUT2D eigenvalue weighted by molar-refractivity contribution is 7.98. The minimum atomic E-state index is -0.564. The quantitative estimate of drug-likeness (QED) is 0.605. The average molecular weight is 339 g/mol. The van der Waals surface area contributed by atoms with Crippen LogP contribution < -0.4 is 11.1 Å². The average Bonchev–Trinajstić information content (AvgIpc) is 3.03. The summed E-state index contributed by atoms with van der Waals surface area (Å²) in [6.45, 7) is 0.497. The van der Waals surface area contributed by atoms with Crippen LogP contribution in [0.3, 0.4) is 0 Å². The molecule has 0 aliphatic carbocycles. The van der Waals surface area contributed by atoms with Crippen LogP contribution in [0, 0.1) is 0 Å². The number of aromatic nitrogens is 1. The Labute approximate surface area is 145 Å². The van der Waals surface area contributed by atoms with Gasteiger partial charge < -0.3 is 16.0 Å². The topological polar surface area (TPSA) is 70.9 Å². The minimum absolute atomic E-state index is 0.129. The van der Waals surface area contributed by atoms with E-state index in [9.17, 15) is 4.79 Å². The van der Waals surface area contributed by atoms with E-state index in [0.29, 0.717) is 13.0 Å². The molecule has 0 aliphatic heterocycles. The van der Waals surface area contributed by atoms with Gasteiger partial charge >= 0.3 is 0 Å². The second-order valence-electron chi connectivity index (χ2n) is 5.70. The van der Waals surface area contributed by atoms with Crippen LogP contribution in [0.25, 0.3) is 10.9 Å². The van der Waals surface area contributed by atoms with E-state index in [4.69, 9.17) is 5.73 Å². The van der Waals surface area contributed by atoms with E-state index in [2.05, 4.69) is 16.4 Å². The van der Waals surface area contributed by atoms with Crippen molar-refractivity contribution < 1.29 is 4.79 Å². The maximum atomic E-state index is 12.3. The summed E-state index contributed by atoms with van der Waals surface area (Å²) in [7, 11) is 0. The normalized spacial score (nSPS) is 12.2. The van der Waals surface area contributed by atoms with Crippen LogP contribution in [-0.4, -0.2) is 23.2 Å². The van der Waals surface area contributed by atoms with Crippen molar-refractivity contribution >= 4 is 28.6 Å². The van der Waals surface area contributed by atoms with Crippen LogP contribution in [0.5, 0.6) is 0 Å². The molecule has 124 valence electrons. The number of hydrogen-bond donors (Lipinski definition) is 3. The summed E-state index contributed by atoms with van der Waals surface area (Å²) in [6, 6.07) is 15.5. The summed E-state index contributed by atoms with van der Waals surface area (Å²) in [5.74, 6) is -0.129. The Kier molecular flexibility index (Phi) is 5.23. The lowest BCUT2D eigenvalue weighted by atomic mass is 10.0. The number of para-hydroxylation sites is 1. The van der Waals surface area contributed by atoms with Crippen molar-refractivity contribution in [3.63, 3.8) is 0 Å². The molecule has 0 aliphatic rings. The fraction of sp³-hybridized carbons (Fsp3) is 0.211. The maximum absolute atomic E-state index is 12.3. The Morgan fingerprint density at radius 1 is 1.17 bits per heavy atom. The van der Waals surface area contributed by atoms with Gasteiger partial charge in [0.1, 0.15) is 0 Å². The maximum Gasteiger partial charge on any atom is 0.237 e. The molecule has 0 bridgehead atoms. The smallest absolute Gasteiger partial charge is 0.237 e. The fourth-order valence-electron chi connectivity index (χ4n) is 2.79. The molecule has 4 nitrogen and oxygen atoms in total. The highest BCUT2D eigenvalue weighted by Gasteiger charge is 2.16. The van der Waals surface area contributed by atoms with Crippen molar-refractivity contribution in [2.45, 2.75) is 23.9 Å². The molecule has 5 heteroatoms. The van der Waals surface area contributed by atoms with Crippen LogP contribution in [0.15, 0.2) is 59.6 Å². The van der Waals surface area contributed by atoms with Gasteiger partial charge in [0.2, 0.25) is 5.91 Å². The summed E-state index contributed by atoms with van der Waals surface area (Å²) >= 11 is 1.67. The third kappa shape index (κ3) is 3.63. The summed E-state index contributed by atoms with van der Waals surface area (Å²) in [6.07, 6.45) is 4.48. The predicted molar refractivity (Wildman–Crippen MR) is 100 cm³/mol.